The molecule has 3 aromatic carbocycles. The number of nitrogens with two attached hydrogens (primary N) is 1. The van der Waals surface area contributed by atoms with Crippen molar-refractivity contribution >= 4 is 38.4 Å². The van der Waals surface area contributed by atoms with Gasteiger partial charge in [-0.05, 0) is 78.3 Å². The van der Waals surface area contributed by atoms with Crippen molar-refractivity contribution in [2.75, 3.05) is 30.8 Å². The molecule has 1 aromatic heterocycles. The zero-order valence-corrected chi connectivity index (χ0v) is 23.7. The molecule has 1 fully saturated rings. The summed E-state index contributed by atoms with van der Waals surface area (Å²) in [6, 6.07) is 20.7. The number of aromatic nitrogens is 1. The lowest BCUT2D eigenvalue weighted by Gasteiger charge is -2.31. The Hall–Kier alpha value is -4.15. The number of nitrogens with zero attached hydrogens (tertiary/aromatic N) is 1. The molecule has 41 heavy (non-hydrogen) atoms. The van der Waals surface area contributed by atoms with E-state index in [9.17, 15) is 18.0 Å². The van der Waals surface area contributed by atoms with Crippen molar-refractivity contribution in [3.8, 4) is 16.9 Å². The van der Waals surface area contributed by atoms with Crippen LogP contribution in [0.15, 0.2) is 72.9 Å². The monoisotopic (exact) mass is 574 g/mol. The van der Waals surface area contributed by atoms with Crippen LogP contribution in [0.5, 0.6) is 5.75 Å². The number of rotatable bonds is 10. The number of carbonyl (C=O) groups is 2. The Morgan fingerprint density at radius 2 is 1.73 bits per heavy atom. The molecule has 0 unspecified atom stereocenters. The molecule has 2 heterocycles. The highest BCUT2D eigenvalue weighted by atomic mass is 32.2. The van der Waals surface area contributed by atoms with Crippen molar-refractivity contribution in [3.05, 3.63) is 84.1 Å². The molecule has 10 heteroatoms. The van der Waals surface area contributed by atoms with Gasteiger partial charge in [-0.1, -0.05) is 30.3 Å². The molecular weight excluding hydrogens is 540 g/mol. The van der Waals surface area contributed by atoms with Gasteiger partial charge < -0.3 is 20.8 Å². The Morgan fingerprint density at radius 1 is 1.02 bits per heavy atom. The molecule has 4 N–H and O–H groups in total. The van der Waals surface area contributed by atoms with Gasteiger partial charge in [-0.3, -0.25) is 9.59 Å². The van der Waals surface area contributed by atoms with E-state index in [2.05, 4.69) is 16.4 Å². The number of nitrogens with one attached hydrogen (secondary N) is 2. The van der Waals surface area contributed by atoms with Crippen molar-refractivity contribution < 1.29 is 22.7 Å². The zero-order valence-electron chi connectivity index (χ0n) is 22.9. The van der Waals surface area contributed by atoms with Crippen molar-refractivity contribution in [2.24, 2.45) is 5.73 Å². The van der Waals surface area contributed by atoms with E-state index in [1.807, 2.05) is 42.6 Å². The number of fused-ring (bicyclic) bond motifs is 1. The van der Waals surface area contributed by atoms with Gasteiger partial charge in [0.15, 0.2) is 0 Å². The van der Waals surface area contributed by atoms with Gasteiger partial charge in [0.1, 0.15) is 5.75 Å². The average molecular weight is 575 g/mol. The minimum absolute atomic E-state index is 0.0110. The average Bonchev–Trinajstić information content (AvgIpc) is 3.40. The number of piperidine rings is 1. The summed E-state index contributed by atoms with van der Waals surface area (Å²) in [7, 11) is -3.42. The van der Waals surface area contributed by atoms with Crippen LogP contribution < -0.4 is 15.8 Å². The highest BCUT2D eigenvalue weighted by Gasteiger charge is 2.30. The molecule has 214 valence electrons. The van der Waals surface area contributed by atoms with Gasteiger partial charge in [0, 0.05) is 37.3 Å². The van der Waals surface area contributed by atoms with E-state index >= 15 is 0 Å². The minimum Gasteiger partial charge on any atom is -0.494 e. The zero-order chi connectivity index (χ0) is 29.0. The molecule has 5 rings (SSSR count). The first-order valence-electron chi connectivity index (χ1n) is 13.7. The topological polar surface area (TPSA) is 135 Å². The second-order valence-corrected chi connectivity index (χ2v) is 12.4. The predicted octanol–water partition coefficient (Wildman–Crippen LogP) is 4.87. The van der Waals surface area contributed by atoms with E-state index in [1.54, 1.807) is 28.6 Å². The van der Waals surface area contributed by atoms with Gasteiger partial charge >= 0.3 is 0 Å². The maximum absolute atomic E-state index is 13.0. The summed E-state index contributed by atoms with van der Waals surface area (Å²) in [5.74, 6) is 0.144. The van der Waals surface area contributed by atoms with Crippen LogP contribution in [0.25, 0.3) is 22.0 Å². The van der Waals surface area contributed by atoms with Gasteiger partial charge in [-0.2, -0.15) is 0 Å². The standard InChI is InChI=1S/C31H34N4O5S/c1-21(36)34-25-8-10-26(11-9-25)40-16-5-17-41(38,39)35-14-12-23(13-15-35)29-20-33-30-27(29)18-24(19-28(30)31(32)37)22-6-3-2-4-7-22/h2-4,6-11,18-20,23,33H,5,12-17H2,1H3,(H2,32,37)(H,34,36). The molecule has 0 spiro atoms. The SMILES string of the molecule is CC(=O)Nc1ccc(OCCCS(=O)(=O)N2CCC(c3c[nH]c4c(C(N)=O)cc(-c5ccccc5)cc34)CC2)cc1. The number of anilines is 1. The first kappa shape index (κ1) is 28.4. The maximum atomic E-state index is 13.0. The molecule has 1 aliphatic rings. The highest BCUT2D eigenvalue weighted by molar-refractivity contribution is 7.89. The third kappa shape index (κ3) is 6.61. The van der Waals surface area contributed by atoms with Crippen LogP contribution in [0.2, 0.25) is 0 Å². The summed E-state index contributed by atoms with van der Waals surface area (Å²) in [6.07, 6.45) is 3.67. The second kappa shape index (κ2) is 12.2. The largest absolute Gasteiger partial charge is 0.494 e. The predicted molar refractivity (Wildman–Crippen MR) is 160 cm³/mol. The summed E-state index contributed by atoms with van der Waals surface area (Å²) in [4.78, 5) is 26.7. The number of amides is 2. The van der Waals surface area contributed by atoms with Crippen LogP contribution in [0, 0.1) is 0 Å². The third-order valence-corrected chi connectivity index (χ3v) is 9.43. The molecule has 4 aromatic rings. The molecule has 0 aliphatic carbocycles. The minimum atomic E-state index is -3.42. The number of primary amides is 1. The van der Waals surface area contributed by atoms with Crippen LogP contribution in [-0.4, -0.2) is 55.0 Å². The van der Waals surface area contributed by atoms with E-state index in [4.69, 9.17) is 10.5 Å². The first-order valence-corrected chi connectivity index (χ1v) is 15.3. The van der Waals surface area contributed by atoms with Gasteiger partial charge in [-0.15, -0.1) is 0 Å². The lowest BCUT2D eigenvalue weighted by Crippen LogP contribution is -2.39. The summed E-state index contributed by atoms with van der Waals surface area (Å²) in [6.45, 7) is 2.59. The molecule has 0 radical (unpaired) electrons. The van der Waals surface area contributed by atoms with Crippen LogP contribution in [0.4, 0.5) is 5.69 Å². The number of carbonyl (C=O) groups excluding carboxylic acids is 2. The lowest BCUT2D eigenvalue weighted by atomic mass is 9.88. The van der Waals surface area contributed by atoms with Gasteiger partial charge in [0.05, 0.1) is 23.4 Å². The van der Waals surface area contributed by atoms with E-state index in [1.165, 1.54) is 6.92 Å². The van der Waals surface area contributed by atoms with E-state index in [0.717, 1.165) is 22.1 Å². The fourth-order valence-electron chi connectivity index (χ4n) is 5.43. The summed E-state index contributed by atoms with van der Waals surface area (Å²) in [5, 5.41) is 3.64. The summed E-state index contributed by atoms with van der Waals surface area (Å²) < 4.78 is 33.4. The van der Waals surface area contributed by atoms with Crippen LogP contribution in [0.3, 0.4) is 0 Å². The quantitative estimate of drug-likeness (QED) is 0.232. The Balaban J connectivity index is 1.20. The first-order chi connectivity index (χ1) is 19.7. The summed E-state index contributed by atoms with van der Waals surface area (Å²) >= 11 is 0. The smallest absolute Gasteiger partial charge is 0.250 e. The number of sulfonamides is 1. The lowest BCUT2D eigenvalue weighted by molar-refractivity contribution is -0.114. The number of H-pyrrole nitrogens is 1. The second-order valence-electron chi connectivity index (χ2n) is 10.3. The Bertz CT molecular complexity index is 1640. The van der Waals surface area contributed by atoms with Gasteiger partial charge in [-0.25, -0.2) is 12.7 Å². The molecule has 0 saturated carbocycles. The fraction of sp³-hybridized carbons (Fsp3) is 0.290. The van der Waals surface area contributed by atoms with Crippen molar-refractivity contribution in [1.82, 2.24) is 9.29 Å². The molecule has 0 atom stereocenters. The maximum Gasteiger partial charge on any atom is 0.250 e. The number of aromatic amines is 1. The van der Waals surface area contributed by atoms with Gasteiger partial charge in [0.25, 0.3) is 5.91 Å². The number of hydrogen-bond donors (Lipinski definition) is 3. The Kier molecular flexibility index (Phi) is 8.41. The van der Waals surface area contributed by atoms with Gasteiger partial charge in [0.2, 0.25) is 15.9 Å². The summed E-state index contributed by atoms with van der Waals surface area (Å²) in [5.41, 5.74) is 10.6. The van der Waals surface area contributed by atoms with Crippen molar-refractivity contribution in [1.29, 1.82) is 0 Å². The van der Waals surface area contributed by atoms with Crippen LogP contribution in [0.1, 0.15) is 48.0 Å². The molecular formula is C31H34N4O5S. The van der Waals surface area contributed by atoms with E-state index in [0.29, 0.717) is 54.9 Å². The Labute approximate surface area is 239 Å². The molecule has 1 saturated heterocycles. The molecule has 0 bridgehead atoms. The Morgan fingerprint density at radius 3 is 2.39 bits per heavy atom. The number of benzene rings is 3. The fourth-order valence-corrected chi connectivity index (χ4v) is 6.93. The third-order valence-electron chi connectivity index (χ3n) is 7.47. The van der Waals surface area contributed by atoms with Crippen LogP contribution >= 0.6 is 0 Å². The molecule has 2 amide bonds. The van der Waals surface area contributed by atoms with Crippen LogP contribution in [-0.2, 0) is 14.8 Å². The highest BCUT2D eigenvalue weighted by Crippen LogP contribution is 2.37. The van der Waals surface area contributed by atoms with E-state index in [-0.39, 0.29) is 24.2 Å². The van der Waals surface area contributed by atoms with E-state index < -0.39 is 15.9 Å². The number of hydrogen-bond acceptors (Lipinski definition) is 5. The van der Waals surface area contributed by atoms with Crippen molar-refractivity contribution in [3.63, 3.8) is 0 Å². The van der Waals surface area contributed by atoms with Crippen molar-refractivity contribution in [2.45, 2.75) is 32.1 Å². The number of ether oxygens (including phenoxy) is 1. The normalized spacial score (nSPS) is 14.7. The molecule has 9 nitrogen and oxygen atoms in total. The molecule has 1 aliphatic heterocycles.